The molecule has 0 atom stereocenters. The summed E-state index contributed by atoms with van der Waals surface area (Å²) in [5.41, 5.74) is 1.69. The lowest BCUT2D eigenvalue weighted by molar-refractivity contribution is 0.271. The summed E-state index contributed by atoms with van der Waals surface area (Å²) in [7, 11) is -3.69. The summed E-state index contributed by atoms with van der Waals surface area (Å²) in [4.78, 5) is 0.187. The molecule has 2 aromatic carbocycles. The molecule has 0 aliphatic heterocycles. The molecule has 0 spiro atoms. The van der Waals surface area contributed by atoms with Crippen molar-refractivity contribution in [2.24, 2.45) is 10.3 Å². The van der Waals surface area contributed by atoms with E-state index >= 15 is 0 Å². The first-order valence-corrected chi connectivity index (χ1v) is 8.91. The van der Waals surface area contributed by atoms with Gasteiger partial charge in [-0.05, 0) is 42.7 Å². The molecular formula is C18H21NO3S. The Morgan fingerprint density at radius 1 is 1.13 bits per heavy atom. The minimum Gasteiger partial charge on any atom is -0.493 e. The number of hydrogen-bond donors (Lipinski definition) is 0. The lowest BCUT2D eigenvalue weighted by Gasteiger charge is -2.08. The van der Waals surface area contributed by atoms with Crippen LogP contribution in [0.15, 0.2) is 57.8 Å². The van der Waals surface area contributed by atoms with Crippen molar-refractivity contribution in [3.05, 3.63) is 59.7 Å². The van der Waals surface area contributed by atoms with E-state index in [1.165, 1.54) is 6.21 Å². The zero-order chi connectivity index (χ0) is 16.9. The highest BCUT2D eigenvalue weighted by Gasteiger charge is 2.10. The van der Waals surface area contributed by atoms with E-state index in [1.54, 1.807) is 36.4 Å². The van der Waals surface area contributed by atoms with Gasteiger partial charge in [0.25, 0.3) is 10.0 Å². The van der Waals surface area contributed by atoms with Gasteiger partial charge in [-0.25, -0.2) is 0 Å². The number of rotatable bonds is 6. The van der Waals surface area contributed by atoms with E-state index in [9.17, 15) is 8.42 Å². The van der Waals surface area contributed by atoms with Crippen molar-refractivity contribution < 1.29 is 13.2 Å². The van der Waals surface area contributed by atoms with E-state index in [2.05, 4.69) is 18.2 Å². The van der Waals surface area contributed by atoms with Gasteiger partial charge in [0, 0.05) is 6.21 Å². The van der Waals surface area contributed by atoms with Crippen LogP contribution in [0.1, 0.15) is 25.0 Å². The summed E-state index contributed by atoms with van der Waals surface area (Å²) in [6.07, 6.45) is 1.34. The van der Waals surface area contributed by atoms with Gasteiger partial charge in [0.2, 0.25) is 0 Å². The molecule has 0 aromatic heterocycles. The first-order valence-electron chi connectivity index (χ1n) is 7.47. The van der Waals surface area contributed by atoms with Crippen LogP contribution in [0.5, 0.6) is 5.75 Å². The van der Waals surface area contributed by atoms with Crippen LogP contribution < -0.4 is 4.74 Å². The maximum atomic E-state index is 12.2. The SMILES string of the molecule is Cc1ccc(S(=O)(=O)/N=C\c2cccc(OCC(C)C)c2)cc1. The minimum absolute atomic E-state index is 0.187. The van der Waals surface area contributed by atoms with Crippen LogP contribution in [0.25, 0.3) is 0 Å². The summed E-state index contributed by atoms with van der Waals surface area (Å²) < 4.78 is 33.8. The van der Waals surface area contributed by atoms with Crippen molar-refractivity contribution in [3.8, 4) is 5.75 Å². The van der Waals surface area contributed by atoms with Crippen molar-refractivity contribution >= 4 is 16.2 Å². The number of ether oxygens (including phenoxy) is 1. The first-order chi connectivity index (χ1) is 10.9. The second kappa shape index (κ2) is 7.42. The van der Waals surface area contributed by atoms with Crippen LogP contribution in [0.2, 0.25) is 0 Å². The average molecular weight is 331 g/mol. The van der Waals surface area contributed by atoms with Gasteiger partial charge >= 0.3 is 0 Å². The molecule has 0 amide bonds. The van der Waals surface area contributed by atoms with Gasteiger partial charge in [-0.1, -0.05) is 43.7 Å². The zero-order valence-corrected chi connectivity index (χ0v) is 14.4. The quantitative estimate of drug-likeness (QED) is 0.756. The molecule has 2 aromatic rings. The van der Waals surface area contributed by atoms with Crippen LogP contribution in [0, 0.1) is 12.8 Å². The van der Waals surface area contributed by atoms with E-state index in [-0.39, 0.29) is 4.90 Å². The normalized spacial score (nSPS) is 12.0. The maximum absolute atomic E-state index is 12.2. The number of aryl methyl sites for hydroxylation is 1. The average Bonchev–Trinajstić information content (AvgIpc) is 2.52. The van der Waals surface area contributed by atoms with Crippen LogP contribution in [-0.2, 0) is 10.0 Å². The Bertz CT molecular complexity index is 778. The summed E-state index contributed by atoms with van der Waals surface area (Å²) in [5, 5.41) is 0. The van der Waals surface area contributed by atoms with Crippen LogP contribution in [-0.4, -0.2) is 21.2 Å². The van der Waals surface area contributed by atoms with Gasteiger partial charge < -0.3 is 4.74 Å². The fourth-order valence-electron chi connectivity index (χ4n) is 1.85. The van der Waals surface area contributed by atoms with Crippen molar-refractivity contribution in [1.82, 2.24) is 0 Å². The molecule has 0 radical (unpaired) electrons. The predicted octanol–water partition coefficient (Wildman–Crippen LogP) is 3.84. The monoisotopic (exact) mass is 331 g/mol. The zero-order valence-electron chi connectivity index (χ0n) is 13.6. The highest BCUT2D eigenvalue weighted by molar-refractivity contribution is 7.90. The molecule has 0 N–H and O–H groups in total. The highest BCUT2D eigenvalue weighted by atomic mass is 32.2. The third kappa shape index (κ3) is 5.21. The molecule has 0 unspecified atom stereocenters. The Morgan fingerprint density at radius 3 is 2.48 bits per heavy atom. The Labute approximate surface area is 137 Å². The molecule has 23 heavy (non-hydrogen) atoms. The molecule has 2 rings (SSSR count). The molecule has 5 heteroatoms. The number of nitrogens with zero attached hydrogens (tertiary/aromatic N) is 1. The standard InChI is InChI=1S/C18H21NO3S/c1-14(2)13-22-17-6-4-5-16(11-17)12-19-23(20,21)18-9-7-15(3)8-10-18/h4-12,14H,13H2,1-3H3/b19-12-. The van der Waals surface area contributed by atoms with E-state index in [0.29, 0.717) is 23.8 Å². The van der Waals surface area contributed by atoms with E-state index in [4.69, 9.17) is 4.74 Å². The van der Waals surface area contributed by atoms with Gasteiger partial charge in [0.1, 0.15) is 5.75 Å². The van der Waals surface area contributed by atoms with Crippen molar-refractivity contribution in [1.29, 1.82) is 0 Å². The third-order valence-electron chi connectivity index (χ3n) is 3.10. The van der Waals surface area contributed by atoms with E-state index in [0.717, 1.165) is 5.56 Å². The summed E-state index contributed by atoms with van der Waals surface area (Å²) in [6, 6.07) is 13.8. The number of sulfonamides is 1. The summed E-state index contributed by atoms with van der Waals surface area (Å²) in [6.45, 7) is 6.66. The third-order valence-corrected chi connectivity index (χ3v) is 4.35. The van der Waals surface area contributed by atoms with Crippen molar-refractivity contribution in [2.45, 2.75) is 25.7 Å². The molecular weight excluding hydrogens is 310 g/mol. The number of hydrogen-bond acceptors (Lipinski definition) is 3. The van der Waals surface area contributed by atoms with Gasteiger partial charge in [0.15, 0.2) is 0 Å². The molecule has 0 saturated heterocycles. The minimum atomic E-state index is -3.69. The molecule has 0 aliphatic rings. The molecule has 0 heterocycles. The summed E-state index contributed by atoms with van der Waals surface area (Å²) in [5.74, 6) is 1.13. The van der Waals surface area contributed by atoms with Gasteiger partial charge in [-0.3, -0.25) is 0 Å². The Morgan fingerprint density at radius 2 is 1.83 bits per heavy atom. The lowest BCUT2D eigenvalue weighted by atomic mass is 10.2. The Hall–Kier alpha value is -2.14. The number of benzene rings is 2. The molecule has 0 bridgehead atoms. The van der Waals surface area contributed by atoms with Crippen molar-refractivity contribution in [2.75, 3.05) is 6.61 Å². The van der Waals surface area contributed by atoms with Crippen LogP contribution >= 0.6 is 0 Å². The molecule has 0 fully saturated rings. The maximum Gasteiger partial charge on any atom is 0.282 e. The van der Waals surface area contributed by atoms with Crippen LogP contribution in [0.4, 0.5) is 0 Å². The molecule has 122 valence electrons. The highest BCUT2D eigenvalue weighted by Crippen LogP contribution is 2.16. The topological polar surface area (TPSA) is 55.7 Å². The van der Waals surface area contributed by atoms with Gasteiger partial charge in [0.05, 0.1) is 11.5 Å². The fourth-order valence-corrected chi connectivity index (χ4v) is 2.71. The van der Waals surface area contributed by atoms with Gasteiger partial charge in [-0.15, -0.1) is 0 Å². The van der Waals surface area contributed by atoms with Gasteiger partial charge in [-0.2, -0.15) is 12.8 Å². The Kier molecular flexibility index (Phi) is 5.55. The Balaban J connectivity index is 2.15. The molecule has 0 saturated carbocycles. The van der Waals surface area contributed by atoms with Crippen molar-refractivity contribution in [3.63, 3.8) is 0 Å². The van der Waals surface area contributed by atoms with Crippen LogP contribution in [0.3, 0.4) is 0 Å². The smallest absolute Gasteiger partial charge is 0.282 e. The molecule has 0 aliphatic carbocycles. The summed E-state index contributed by atoms with van der Waals surface area (Å²) >= 11 is 0. The lowest BCUT2D eigenvalue weighted by Crippen LogP contribution is -2.04. The molecule has 4 nitrogen and oxygen atoms in total. The largest absolute Gasteiger partial charge is 0.493 e. The predicted molar refractivity (Wildman–Crippen MR) is 92.7 cm³/mol. The van der Waals surface area contributed by atoms with E-state index < -0.39 is 10.0 Å². The second-order valence-corrected chi connectivity index (χ2v) is 7.43. The second-order valence-electron chi connectivity index (χ2n) is 5.80. The van der Waals surface area contributed by atoms with E-state index in [1.807, 2.05) is 19.1 Å². The fraction of sp³-hybridized carbons (Fsp3) is 0.278. The first kappa shape index (κ1) is 17.2.